The minimum atomic E-state index is 0.553. The second-order valence-electron chi connectivity index (χ2n) is 22.0. The van der Waals surface area contributed by atoms with Crippen LogP contribution in [0.4, 0.5) is 0 Å². The van der Waals surface area contributed by atoms with E-state index in [0.717, 1.165) is 115 Å². The van der Waals surface area contributed by atoms with Gasteiger partial charge in [-0.15, -0.1) is 11.3 Å². The summed E-state index contributed by atoms with van der Waals surface area (Å²) >= 11 is 1.72. The Labute approximate surface area is 491 Å². The molecule has 10 heteroatoms. The standard InChI is InChI=1S/C38H21N3O2.C38H21N3OS/c1-2-11-23-21-30-28(20-22(23)10-1)24-12-3-6-16-29(24)41(30)37-35-26-14-5-8-18-32(26)43-38(35)40-36(39-37)27-15-9-19-33-34(27)25-13-4-7-17-31(25)42-33;1-2-11-23-21-30-28(20-22(23)10-1)24-12-3-6-16-29(24)41(30)37-35-26-14-5-8-19-33(26)43-38(35)40-36(39-37)27-15-9-18-32-34(27)25-13-4-7-17-31(25)42-32/h2*1-21H. The lowest BCUT2D eigenvalue weighted by molar-refractivity contribution is 0.653. The van der Waals surface area contributed by atoms with E-state index in [9.17, 15) is 0 Å². The average molecular weight is 1120 g/mol. The highest BCUT2D eigenvalue weighted by Gasteiger charge is 2.26. The number of benzene rings is 12. The van der Waals surface area contributed by atoms with E-state index >= 15 is 0 Å². The van der Waals surface area contributed by atoms with Crippen LogP contribution in [0.25, 0.3) is 186 Å². The summed E-state index contributed by atoms with van der Waals surface area (Å²) in [5.41, 5.74) is 11.0. The zero-order chi connectivity index (χ0) is 56.1. The Morgan fingerprint density at radius 2 is 0.686 bits per heavy atom. The van der Waals surface area contributed by atoms with E-state index in [1.165, 1.54) is 53.2 Å². The lowest BCUT2D eigenvalue weighted by Gasteiger charge is -2.12. The monoisotopic (exact) mass is 1120 g/mol. The fourth-order valence-electron chi connectivity index (χ4n) is 13.5. The quantitative estimate of drug-likeness (QED) is 0.173. The highest BCUT2D eigenvalue weighted by Crippen LogP contribution is 2.45. The minimum Gasteiger partial charge on any atom is -0.456 e. The first-order chi connectivity index (χ1) is 42.6. The minimum absolute atomic E-state index is 0.553. The van der Waals surface area contributed by atoms with Crippen molar-refractivity contribution in [2.75, 3.05) is 0 Å². The third kappa shape index (κ3) is 6.87. The average Bonchev–Trinajstić information content (AvgIpc) is 2.80. The maximum absolute atomic E-state index is 6.44. The van der Waals surface area contributed by atoms with Crippen LogP contribution in [-0.4, -0.2) is 29.1 Å². The Morgan fingerprint density at radius 1 is 0.279 bits per heavy atom. The first-order valence-corrected chi connectivity index (χ1v) is 29.5. The van der Waals surface area contributed by atoms with Gasteiger partial charge in [-0.25, -0.2) is 15.0 Å². The number of fused-ring (bicyclic) bond motifs is 20. The highest BCUT2D eigenvalue weighted by molar-refractivity contribution is 7.25. The van der Waals surface area contributed by atoms with Gasteiger partial charge < -0.3 is 13.3 Å². The molecule has 9 nitrogen and oxygen atoms in total. The molecule has 0 fully saturated rings. The number of furan rings is 3. The summed E-state index contributed by atoms with van der Waals surface area (Å²) in [5.74, 6) is 2.96. The molecule has 0 bridgehead atoms. The van der Waals surface area contributed by atoms with Gasteiger partial charge in [0.15, 0.2) is 23.3 Å². The van der Waals surface area contributed by atoms with E-state index < -0.39 is 0 Å². The summed E-state index contributed by atoms with van der Waals surface area (Å²) in [6, 6.07) is 88.6. The van der Waals surface area contributed by atoms with Crippen LogP contribution >= 0.6 is 11.3 Å². The molecule has 400 valence electrons. The number of hydrogen-bond donors (Lipinski definition) is 0. The largest absolute Gasteiger partial charge is 0.456 e. The number of rotatable bonds is 4. The maximum Gasteiger partial charge on any atom is 0.233 e. The lowest BCUT2D eigenvalue weighted by Crippen LogP contribution is -2.02. The molecule has 86 heavy (non-hydrogen) atoms. The molecule has 0 N–H and O–H groups in total. The Hall–Kier alpha value is -11.5. The van der Waals surface area contributed by atoms with Crippen molar-refractivity contribution in [3.8, 4) is 34.4 Å². The van der Waals surface area contributed by atoms with Crippen molar-refractivity contribution < 1.29 is 13.3 Å². The van der Waals surface area contributed by atoms with E-state index in [1.807, 2.05) is 72.8 Å². The van der Waals surface area contributed by atoms with Crippen molar-refractivity contribution in [2.24, 2.45) is 0 Å². The number of nitrogens with zero attached hydrogens (tertiary/aromatic N) is 6. The van der Waals surface area contributed by atoms with Gasteiger partial charge >= 0.3 is 0 Å². The van der Waals surface area contributed by atoms with Gasteiger partial charge in [0.05, 0.1) is 32.8 Å². The summed E-state index contributed by atoms with van der Waals surface area (Å²) in [6.07, 6.45) is 0. The molecule has 0 aliphatic carbocycles. The Balaban J connectivity index is 0.000000126. The maximum atomic E-state index is 6.44. The predicted octanol–water partition coefficient (Wildman–Crippen LogP) is 20.9. The molecule has 0 radical (unpaired) electrons. The van der Waals surface area contributed by atoms with Crippen LogP contribution in [0.5, 0.6) is 0 Å². The molecule has 20 rings (SSSR count). The molecule has 0 atom stereocenters. The van der Waals surface area contributed by atoms with Crippen LogP contribution < -0.4 is 0 Å². The summed E-state index contributed by atoms with van der Waals surface area (Å²) < 4.78 is 24.7. The van der Waals surface area contributed by atoms with Crippen molar-refractivity contribution in [3.05, 3.63) is 255 Å². The van der Waals surface area contributed by atoms with Crippen molar-refractivity contribution in [2.45, 2.75) is 0 Å². The molecule has 0 unspecified atom stereocenters. The SMILES string of the molecule is c1ccc2cc3c(cc2c1)c1ccccc1n3-c1nc(-c2cccc3oc4ccccc4c23)nc2oc3ccccc3c12.c1ccc2cc3c(cc2c1)c1ccccc1n3-c1nc(-c2cccc3oc4ccccc4c23)nc2sc3ccccc3c12. The first-order valence-electron chi connectivity index (χ1n) is 28.7. The van der Waals surface area contributed by atoms with Crippen LogP contribution in [0.2, 0.25) is 0 Å². The second kappa shape index (κ2) is 18.0. The molecule has 0 aliphatic rings. The van der Waals surface area contributed by atoms with E-state index in [0.29, 0.717) is 17.4 Å². The Kier molecular flexibility index (Phi) is 9.86. The van der Waals surface area contributed by atoms with Gasteiger partial charge in [0.1, 0.15) is 32.7 Å². The van der Waals surface area contributed by atoms with E-state index in [2.05, 4.69) is 191 Å². The smallest absolute Gasteiger partial charge is 0.233 e. The van der Waals surface area contributed by atoms with E-state index in [1.54, 1.807) is 11.3 Å². The number of aromatic nitrogens is 6. The predicted molar refractivity (Wildman–Crippen MR) is 353 cm³/mol. The van der Waals surface area contributed by atoms with Gasteiger partial charge in [0, 0.05) is 69.7 Å². The van der Waals surface area contributed by atoms with Crippen LogP contribution in [0, 0.1) is 0 Å². The van der Waals surface area contributed by atoms with Crippen LogP contribution in [0.3, 0.4) is 0 Å². The zero-order valence-electron chi connectivity index (χ0n) is 45.6. The van der Waals surface area contributed by atoms with Gasteiger partial charge in [-0.05, 0) is 94.3 Å². The summed E-state index contributed by atoms with van der Waals surface area (Å²) in [6.45, 7) is 0. The molecule has 0 aliphatic heterocycles. The molecular formula is C76H42N6O3S. The number of hydrogen-bond acceptors (Lipinski definition) is 8. The van der Waals surface area contributed by atoms with E-state index in [-0.39, 0.29) is 0 Å². The third-order valence-electron chi connectivity index (χ3n) is 17.2. The van der Waals surface area contributed by atoms with Gasteiger partial charge in [-0.3, -0.25) is 9.13 Å². The highest BCUT2D eigenvalue weighted by atomic mass is 32.1. The topological polar surface area (TPSA) is 101 Å². The molecule has 0 saturated heterocycles. The molecule has 20 aromatic rings. The fourth-order valence-corrected chi connectivity index (χ4v) is 14.5. The van der Waals surface area contributed by atoms with Crippen LogP contribution in [-0.2, 0) is 0 Å². The summed E-state index contributed by atoms with van der Waals surface area (Å²) in [4.78, 5) is 22.2. The number of thiophene rings is 1. The lowest BCUT2D eigenvalue weighted by atomic mass is 10.1. The van der Waals surface area contributed by atoms with Crippen molar-refractivity contribution >= 4 is 163 Å². The van der Waals surface area contributed by atoms with Gasteiger partial charge in [0.2, 0.25) is 5.71 Å². The van der Waals surface area contributed by atoms with Gasteiger partial charge in [-0.2, -0.15) is 4.98 Å². The fraction of sp³-hybridized carbons (Fsp3) is 0. The molecule has 8 heterocycles. The van der Waals surface area contributed by atoms with Crippen molar-refractivity contribution in [1.82, 2.24) is 29.1 Å². The van der Waals surface area contributed by atoms with Crippen molar-refractivity contribution in [1.29, 1.82) is 0 Å². The van der Waals surface area contributed by atoms with Gasteiger partial charge in [-0.1, -0.05) is 182 Å². The molecular weight excluding hydrogens is 1080 g/mol. The second-order valence-corrected chi connectivity index (χ2v) is 23.0. The first kappa shape index (κ1) is 47.1. The third-order valence-corrected chi connectivity index (χ3v) is 18.3. The van der Waals surface area contributed by atoms with Crippen molar-refractivity contribution in [3.63, 3.8) is 0 Å². The molecule has 0 saturated carbocycles. The Morgan fingerprint density at radius 3 is 1.23 bits per heavy atom. The summed E-state index contributed by atoms with van der Waals surface area (Å²) in [5, 5.41) is 17.8. The zero-order valence-corrected chi connectivity index (χ0v) is 46.4. The molecule has 8 aromatic heterocycles. The van der Waals surface area contributed by atoms with Crippen LogP contribution in [0.1, 0.15) is 0 Å². The normalized spacial score (nSPS) is 12.2. The molecule has 0 amide bonds. The number of para-hydroxylation sites is 5. The Bertz CT molecular complexity index is 5870. The van der Waals surface area contributed by atoms with Crippen LogP contribution in [0.15, 0.2) is 268 Å². The summed E-state index contributed by atoms with van der Waals surface area (Å²) in [7, 11) is 0. The van der Waals surface area contributed by atoms with Gasteiger partial charge in [0.25, 0.3) is 0 Å². The molecule has 12 aromatic carbocycles. The van der Waals surface area contributed by atoms with E-state index in [4.69, 9.17) is 33.2 Å². The molecule has 0 spiro atoms.